The van der Waals surface area contributed by atoms with Crippen molar-refractivity contribution in [3.05, 3.63) is 28.7 Å². The fraction of sp³-hybridized carbons (Fsp3) is 0.538. The van der Waals surface area contributed by atoms with Crippen LogP contribution in [0.15, 0.2) is 28.7 Å². The van der Waals surface area contributed by atoms with Crippen molar-refractivity contribution < 1.29 is 4.39 Å². The molecule has 0 radical (unpaired) electrons. The maximum absolute atomic E-state index is 13.9. The van der Waals surface area contributed by atoms with Crippen LogP contribution in [0.4, 0.5) is 10.1 Å². The van der Waals surface area contributed by atoms with E-state index < -0.39 is 5.67 Å². The molecular formula is C13H17BrFN. The summed E-state index contributed by atoms with van der Waals surface area (Å²) in [6.45, 7) is 3.47. The standard InChI is InChI=1S/C13H17BrFN/c1-13(15)7-4-9-16(10-8-13)12-6-3-2-5-11(12)14/h2-3,5-6H,4,7-10H2,1H3. The number of para-hydroxylation sites is 1. The quantitative estimate of drug-likeness (QED) is 0.749. The van der Waals surface area contributed by atoms with E-state index in [1.807, 2.05) is 18.2 Å². The molecule has 1 aromatic rings. The van der Waals surface area contributed by atoms with E-state index in [0.717, 1.165) is 24.0 Å². The molecule has 1 heterocycles. The van der Waals surface area contributed by atoms with Crippen LogP contribution in [-0.2, 0) is 0 Å². The fourth-order valence-electron chi connectivity index (χ4n) is 2.19. The first-order chi connectivity index (χ1) is 7.58. The van der Waals surface area contributed by atoms with Crippen molar-refractivity contribution in [2.45, 2.75) is 31.9 Å². The predicted molar refractivity (Wildman–Crippen MR) is 69.7 cm³/mol. The molecule has 3 heteroatoms. The summed E-state index contributed by atoms with van der Waals surface area (Å²) in [6.07, 6.45) is 2.22. The van der Waals surface area contributed by atoms with Crippen molar-refractivity contribution in [2.24, 2.45) is 0 Å². The zero-order chi connectivity index (χ0) is 11.6. The number of hydrogen-bond donors (Lipinski definition) is 0. The summed E-state index contributed by atoms with van der Waals surface area (Å²) in [4.78, 5) is 2.27. The molecule has 1 unspecified atom stereocenters. The molecule has 0 spiro atoms. The van der Waals surface area contributed by atoms with Gasteiger partial charge in [0.25, 0.3) is 0 Å². The van der Waals surface area contributed by atoms with Gasteiger partial charge in [-0.1, -0.05) is 12.1 Å². The first kappa shape index (κ1) is 11.9. The highest BCUT2D eigenvalue weighted by Crippen LogP contribution is 2.31. The summed E-state index contributed by atoms with van der Waals surface area (Å²) < 4.78 is 15.0. The van der Waals surface area contributed by atoms with Gasteiger partial charge in [-0.15, -0.1) is 0 Å². The van der Waals surface area contributed by atoms with Gasteiger partial charge in [-0.25, -0.2) is 4.39 Å². The van der Waals surface area contributed by atoms with Gasteiger partial charge in [-0.3, -0.25) is 0 Å². The van der Waals surface area contributed by atoms with E-state index in [9.17, 15) is 4.39 Å². The minimum atomic E-state index is -0.990. The number of anilines is 1. The zero-order valence-electron chi connectivity index (χ0n) is 9.55. The van der Waals surface area contributed by atoms with E-state index in [2.05, 4.69) is 26.9 Å². The van der Waals surface area contributed by atoms with Gasteiger partial charge in [0.2, 0.25) is 0 Å². The molecule has 0 amide bonds. The van der Waals surface area contributed by atoms with E-state index >= 15 is 0 Å². The second-order valence-corrected chi connectivity index (χ2v) is 5.56. The topological polar surface area (TPSA) is 3.24 Å². The molecule has 88 valence electrons. The first-order valence-electron chi connectivity index (χ1n) is 5.77. The maximum Gasteiger partial charge on any atom is 0.110 e. The van der Waals surface area contributed by atoms with E-state index in [-0.39, 0.29) is 0 Å². The normalized spacial score (nSPS) is 26.6. The number of hydrogen-bond acceptors (Lipinski definition) is 1. The van der Waals surface area contributed by atoms with Crippen LogP contribution in [0.1, 0.15) is 26.2 Å². The Balaban J connectivity index is 2.14. The van der Waals surface area contributed by atoms with Gasteiger partial charge >= 0.3 is 0 Å². The lowest BCUT2D eigenvalue weighted by Crippen LogP contribution is -2.26. The molecule has 1 fully saturated rings. The molecule has 1 aliphatic heterocycles. The van der Waals surface area contributed by atoms with E-state index in [0.29, 0.717) is 12.8 Å². The number of nitrogens with zero attached hydrogens (tertiary/aromatic N) is 1. The molecule has 0 aliphatic carbocycles. The summed E-state index contributed by atoms with van der Waals surface area (Å²) in [6, 6.07) is 8.16. The highest BCUT2D eigenvalue weighted by atomic mass is 79.9. The second-order valence-electron chi connectivity index (χ2n) is 4.71. The van der Waals surface area contributed by atoms with E-state index in [1.54, 1.807) is 6.92 Å². The minimum Gasteiger partial charge on any atom is -0.371 e. The molecule has 0 N–H and O–H groups in total. The molecule has 1 atom stereocenters. The largest absolute Gasteiger partial charge is 0.371 e. The lowest BCUT2D eigenvalue weighted by molar-refractivity contribution is 0.170. The Kier molecular flexibility index (Phi) is 3.53. The molecule has 16 heavy (non-hydrogen) atoms. The highest BCUT2D eigenvalue weighted by molar-refractivity contribution is 9.10. The van der Waals surface area contributed by atoms with Gasteiger partial charge in [0.1, 0.15) is 5.67 Å². The van der Waals surface area contributed by atoms with Crippen LogP contribution >= 0.6 is 15.9 Å². The van der Waals surface area contributed by atoms with Crippen LogP contribution in [0, 0.1) is 0 Å². The van der Waals surface area contributed by atoms with Gasteiger partial charge in [-0.05, 0) is 54.2 Å². The lowest BCUT2D eigenvalue weighted by atomic mass is 10.0. The smallest absolute Gasteiger partial charge is 0.110 e. The van der Waals surface area contributed by atoms with Gasteiger partial charge in [0, 0.05) is 17.6 Å². The zero-order valence-corrected chi connectivity index (χ0v) is 11.1. The van der Waals surface area contributed by atoms with Crippen molar-refractivity contribution in [3.8, 4) is 0 Å². The van der Waals surface area contributed by atoms with Crippen LogP contribution in [0.2, 0.25) is 0 Å². The van der Waals surface area contributed by atoms with Crippen LogP contribution in [-0.4, -0.2) is 18.8 Å². The van der Waals surface area contributed by atoms with Gasteiger partial charge in [-0.2, -0.15) is 0 Å². The molecular weight excluding hydrogens is 269 g/mol. The summed E-state index contributed by atoms with van der Waals surface area (Å²) in [5.41, 5.74) is 0.191. The molecule has 0 aromatic heterocycles. The molecule has 1 nitrogen and oxygen atoms in total. The average Bonchev–Trinajstić information content (AvgIpc) is 2.40. The Morgan fingerprint density at radius 3 is 2.75 bits per heavy atom. The fourth-order valence-corrected chi connectivity index (χ4v) is 2.73. The van der Waals surface area contributed by atoms with Gasteiger partial charge in [0.05, 0.1) is 5.69 Å². The van der Waals surface area contributed by atoms with Crippen LogP contribution in [0.25, 0.3) is 0 Å². The Morgan fingerprint density at radius 1 is 1.25 bits per heavy atom. The molecule has 0 saturated carbocycles. The van der Waals surface area contributed by atoms with Crippen molar-refractivity contribution in [2.75, 3.05) is 18.0 Å². The van der Waals surface area contributed by atoms with Crippen LogP contribution in [0.3, 0.4) is 0 Å². The second kappa shape index (κ2) is 4.74. The van der Waals surface area contributed by atoms with Crippen molar-refractivity contribution >= 4 is 21.6 Å². The third-order valence-corrected chi connectivity index (χ3v) is 3.89. The average molecular weight is 286 g/mol. The van der Waals surface area contributed by atoms with Crippen molar-refractivity contribution in [3.63, 3.8) is 0 Å². The Labute approximate surface area is 105 Å². The number of benzene rings is 1. The van der Waals surface area contributed by atoms with Crippen LogP contribution in [0.5, 0.6) is 0 Å². The molecule has 1 aromatic carbocycles. The Hall–Kier alpha value is -0.570. The number of alkyl halides is 1. The van der Waals surface area contributed by atoms with Crippen molar-refractivity contribution in [1.29, 1.82) is 0 Å². The Bertz CT molecular complexity index is 365. The summed E-state index contributed by atoms with van der Waals surface area (Å²) >= 11 is 3.55. The number of halogens is 2. The predicted octanol–water partition coefficient (Wildman–Crippen LogP) is 4.17. The molecule has 1 aliphatic rings. The van der Waals surface area contributed by atoms with Gasteiger partial charge in [0.15, 0.2) is 0 Å². The van der Waals surface area contributed by atoms with E-state index in [1.165, 1.54) is 5.69 Å². The van der Waals surface area contributed by atoms with Gasteiger partial charge < -0.3 is 4.90 Å². The SMILES string of the molecule is CC1(F)CCCN(c2ccccc2Br)CC1. The summed E-state index contributed by atoms with van der Waals surface area (Å²) in [7, 11) is 0. The third-order valence-electron chi connectivity index (χ3n) is 3.22. The van der Waals surface area contributed by atoms with Crippen molar-refractivity contribution in [1.82, 2.24) is 0 Å². The lowest BCUT2D eigenvalue weighted by Gasteiger charge is -2.24. The molecule has 0 bridgehead atoms. The summed E-state index contributed by atoms with van der Waals surface area (Å²) in [5.74, 6) is 0. The molecule has 1 saturated heterocycles. The maximum atomic E-state index is 13.9. The van der Waals surface area contributed by atoms with Crippen LogP contribution < -0.4 is 4.90 Å². The summed E-state index contributed by atoms with van der Waals surface area (Å²) in [5, 5.41) is 0. The highest BCUT2D eigenvalue weighted by Gasteiger charge is 2.27. The monoisotopic (exact) mass is 285 g/mol. The molecule has 2 rings (SSSR count). The number of rotatable bonds is 1. The van der Waals surface area contributed by atoms with E-state index in [4.69, 9.17) is 0 Å². The minimum absolute atomic E-state index is 0.619. The third kappa shape index (κ3) is 2.76. The first-order valence-corrected chi connectivity index (χ1v) is 6.56. The Morgan fingerprint density at radius 2 is 2.00 bits per heavy atom.